The average molecular weight is 247 g/mol. The van der Waals surface area contributed by atoms with Gasteiger partial charge in [-0.2, -0.15) is 10.2 Å². The van der Waals surface area contributed by atoms with Crippen molar-refractivity contribution in [2.24, 2.45) is 5.92 Å². The summed E-state index contributed by atoms with van der Waals surface area (Å²) in [5.41, 5.74) is 5.92. The van der Waals surface area contributed by atoms with E-state index in [0.717, 1.165) is 32.6 Å². The van der Waals surface area contributed by atoms with Gasteiger partial charge in [-0.1, -0.05) is 0 Å². The van der Waals surface area contributed by atoms with Crippen molar-refractivity contribution in [3.63, 3.8) is 0 Å². The number of nitrogen functional groups attached to an aromatic ring is 1. The number of nitrogens with one attached hydrogen (secondary N) is 1. The lowest BCUT2D eigenvalue weighted by atomic mass is 9.99. The van der Waals surface area contributed by atoms with Gasteiger partial charge in [-0.05, 0) is 25.2 Å². The Hall–Kier alpha value is -1.87. The molecule has 96 valence electrons. The third-order valence-electron chi connectivity index (χ3n) is 3.03. The third-order valence-corrected chi connectivity index (χ3v) is 3.03. The van der Waals surface area contributed by atoms with Crippen LogP contribution >= 0.6 is 0 Å². The van der Waals surface area contributed by atoms with Crippen LogP contribution < -0.4 is 11.1 Å². The summed E-state index contributed by atoms with van der Waals surface area (Å²) in [6.45, 7) is 2.52. The topological polar surface area (TPSA) is 96.8 Å². The van der Waals surface area contributed by atoms with E-state index in [4.69, 9.17) is 15.7 Å². The van der Waals surface area contributed by atoms with Crippen LogP contribution in [0.1, 0.15) is 24.8 Å². The number of anilines is 2. The van der Waals surface area contributed by atoms with Crippen LogP contribution in [0.25, 0.3) is 0 Å². The molecule has 6 nitrogen and oxygen atoms in total. The van der Waals surface area contributed by atoms with Crippen LogP contribution in [0.3, 0.4) is 0 Å². The molecule has 6 heteroatoms. The number of hydrogen-bond donors (Lipinski definition) is 2. The molecule has 1 aliphatic rings. The molecule has 2 heterocycles. The Bertz CT molecular complexity index is 437. The van der Waals surface area contributed by atoms with Crippen LogP contribution in [0.2, 0.25) is 0 Å². The van der Waals surface area contributed by atoms with Crippen molar-refractivity contribution in [2.45, 2.75) is 19.3 Å². The number of nitrogens with zero attached hydrogens (tertiary/aromatic N) is 3. The van der Waals surface area contributed by atoms with Crippen molar-refractivity contribution in [1.82, 2.24) is 9.97 Å². The lowest BCUT2D eigenvalue weighted by Crippen LogP contribution is -2.20. The lowest BCUT2D eigenvalue weighted by Gasteiger charge is -2.21. The summed E-state index contributed by atoms with van der Waals surface area (Å²) in [7, 11) is 0. The number of nitrogens with two attached hydrogens (primary N) is 1. The monoisotopic (exact) mass is 247 g/mol. The fourth-order valence-corrected chi connectivity index (χ4v) is 1.99. The molecule has 1 atom stereocenters. The summed E-state index contributed by atoms with van der Waals surface area (Å²) >= 11 is 0. The van der Waals surface area contributed by atoms with Crippen LogP contribution in [0.15, 0.2) is 6.20 Å². The fourth-order valence-electron chi connectivity index (χ4n) is 1.99. The Morgan fingerprint density at radius 1 is 1.61 bits per heavy atom. The molecule has 0 aromatic carbocycles. The summed E-state index contributed by atoms with van der Waals surface area (Å²) in [5.74, 6) is 1.31. The summed E-state index contributed by atoms with van der Waals surface area (Å²) in [6, 6.07) is 1.94. The van der Waals surface area contributed by atoms with E-state index in [9.17, 15) is 0 Å². The summed E-state index contributed by atoms with van der Waals surface area (Å²) < 4.78 is 5.42. The predicted octanol–water partition coefficient (Wildman–Crippen LogP) is 1.16. The van der Waals surface area contributed by atoms with E-state index in [1.54, 1.807) is 0 Å². The first-order valence-electron chi connectivity index (χ1n) is 6.14. The van der Waals surface area contributed by atoms with E-state index in [2.05, 4.69) is 15.3 Å². The van der Waals surface area contributed by atoms with Gasteiger partial charge in [-0.25, -0.2) is 4.98 Å². The van der Waals surface area contributed by atoms with E-state index in [1.807, 2.05) is 6.07 Å². The summed E-state index contributed by atoms with van der Waals surface area (Å²) in [4.78, 5) is 8.07. The van der Waals surface area contributed by atoms with Crippen LogP contribution in [0.5, 0.6) is 0 Å². The molecule has 1 aromatic rings. The van der Waals surface area contributed by atoms with Gasteiger partial charge in [0, 0.05) is 19.8 Å². The number of hydrogen-bond acceptors (Lipinski definition) is 6. The Kier molecular flexibility index (Phi) is 4.31. The number of ether oxygens (including phenoxy) is 1. The van der Waals surface area contributed by atoms with Crippen molar-refractivity contribution < 1.29 is 4.74 Å². The molecule has 0 saturated carbocycles. The molecule has 1 fully saturated rings. The number of rotatable bonds is 4. The van der Waals surface area contributed by atoms with Gasteiger partial charge < -0.3 is 15.8 Å². The first-order chi connectivity index (χ1) is 8.79. The second kappa shape index (κ2) is 6.17. The fraction of sp³-hybridized carbons (Fsp3) is 0.583. The van der Waals surface area contributed by atoms with E-state index < -0.39 is 0 Å². The normalized spacial score (nSPS) is 19.2. The van der Waals surface area contributed by atoms with Gasteiger partial charge in [0.05, 0.1) is 6.20 Å². The van der Waals surface area contributed by atoms with Gasteiger partial charge in [-0.3, -0.25) is 0 Å². The minimum Gasteiger partial charge on any atom is -0.382 e. The molecular weight excluding hydrogens is 230 g/mol. The molecule has 0 unspecified atom stereocenters. The minimum absolute atomic E-state index is 0.219. The first kappa shape index (κ1) is 12.6. The van der Waals surface area contributed by atoms with E-state index in [-0.39, 0.29) is 5.82 Å². The van der Waals surface area contributed by atoms with Crippen molar-refractivity contribution in [1.29, 1.82) is 5.26 Å². The van der Waals surface area contributed by atoms with Gasteiger partial charge in [0.1, 0.15) is 17.5 Å². The highest BCUT2D eigenvalue weighted by atomic mass is 16.5. The molecule has 1 aliphatic heterocycles. The molecule has 1 aromatic heterocycles. The zero-order chi connectivity index (χ0) is 12.8. The maximum atomic E-state index is 8.71. The summed E-state index contributed by atoms with van der Waals surface area (Å²) in [5, 5.41) is 11.8. The van der Waals surface area contributed by atoms with E-state index >= 15 is 0 Å². The minimum atomic E-state index is 0.219. The largest absolute Gasteiger partial charge is 0.382 e. The molecular formula is C12H17N5O. The predicted molar refractivity (Wildman–Crippen MR) is 67.8 cm³/mol. The standard InChI is InChI=1S/C12H17N5O/c13-6-10-7-16-12(17-11(10)14)15-4-3-9-2-1-5-18-8-9/h7,9H,1-5,8H2,(H3,14,15,16,17)/t9-/m0/s1. The molecule has 1 saturated heterocycles. The second-order valence-electron chi connectivity index (χ2n) is 4.40. The highest BCUT2D eigenvalue weighted by Gasteiger charge is 2.13. The Labute approximate surface area is 106 Å². The molecule has 0 aliphatic carbocycles. The Morgan fingerprint density at radius 3 is 3.17 bits per heavy atom. The van der Waals surface area contributed by atoms with Crippen LogP contribution in [0.4, 0.5) is 11.8 Å². The average Bonchev–Trinajstić information content (AvgIpc) is 2.40. The molecule has 0 bridgehead atoms. The van der Waals surface area contributed by atoms with Gasteiger partial charge in [-0.15, -0.1) is 0 Å². The molecule has 18 heavy (non-hydrogen) atoms. The SMILES string of the molecule is N#Cc1cnc(NCC[C@@H]2CCCOC2)nc1N. The van der Waals surface area contributed by atoms with Crippen molar-refractivity contribution in [3.8, 4) is 6.07 Å². The Balaban J connectivity index is 1.79. The van der Waals surface area contributed by atoms with Gasteiger partial charge in [0.25, 0.3) is 0 Å². The highest BCUT2D eigenvalue weighted by molar-refractivity contribution is 5.49. The Morgan fingerprint density at radius 2 is 2.50 bits per heavy atom. The molecule has 2 rings (SSSR count). The van der Waals surface area contributed by atoms with E-state index in [1.165, 1.54) is 12.6 Å². The molecule has 0 spiro atoms. The van der Waals surface area contributed by atoms with Crippen molar-refractivity contribution in [2.75, 3.05) is 30.8 Å². The summed E-state index contributed by atoms with van der Waals surface area (Å²) in [6.07, 6.45) is 4.83. The molecule has 0 radical (unpaired) electrons. The quantitative estimate of drug-likeness (QED) is 0.828. The van der Waals surface area contributed by atoms with Gasteiger partial charge >= 0.3 is 0 Å². The number of aromatic nitrogens is 2. The maximum absolute atomic E-state index is 8.71. The van der Waals surface area contributed by atoms with Crippen LogP contribution in [-0.2, 0) is 4.74 Å². The van der Waals surface area contributed by atoms with E-state index in [0.29, 0.717) is 17.4 Å². The van der Waals surface area contributed by atoms with Gasteiger partial charge in [0.2, 0.25) is 5.95 Å². The zero-order valence-corrected chi connectivity index (χ0v) is 10.2. The maximum Gasteiger partial charge on any atom is 0.224 e. The number of nitriles is 1. The first-order valence-corrected chi connectivity index (χ1v) is 6.14. The van der Waals surface area contributed by atoms with Crippen molar-refractivity contribution >= 4 is 11.8 Å². The highest BCUT2D eigenvalue weighted by Crippen LogP contribution is 2.17. The van der Waals surface area contributed by atoms with Gasteiger partial charge in [0.15, 0.2) is 0 Å². The van der Waals surface area contributed by atoms with Crippen LogP contribution in [-0.4, -0.2) is 29.7 Å². The van der Waals surface area contributed by atoms with Crippen LogP contribution in [0, 0.1) is 17.2 Å². The van der Waals surface area contributed by atoms with Crippen molar-refractivity contribution in [3.05, 3.63) is 11.8 Å². The second-order valence-corrected chi connectivity index (χ2v) is 4.40. The molecule has 3 N–H and O–H groups in total. The zero-order valence-electron chi connectivity index (χ0n) is 10.2. The lowest BCUT2D eigenvalue weighted by molar-refractivity contribution is 0.0530. The smallest absolute Gasteiger partial charge is 0.224 e. The molecule has 0 amide bonds. The third kappa shape index (κ3) is 3.31.